The number of rotatable bonds is 3. The lowest BCUT2D eigenvalue weighted by Crippen LogP contribution is -2.56. The fraction of sp³-hybridized carbons (Fsp3) is 0.950. The molecular formula is C20H35N3O2. The molecule has 3 aliphatic heterocycles. The van der Waals surface area contributed by atoms with Gasteiger partial charge in [-0.1, -0.05) is 0 Å². The standard InChI is InChI=1S/C20H35N3O2/c1-3-25-19(24)22-12-8-20(15-22)13-18(14-20)21-10-6-17(7-11-21)23-9-4-5-16(23)2/h16-18H,3-15H2,1-2H3. The minimum Gasteiger partial charge on any atom is -0.450 e. The topological polar surface area (TPSA) is 36.0 Å². The summed E-state index contributed by atoms with van der Waals surface area (Å²) in [5.41, 5.74) is 0.401. The van der Waals surface area contributed by atoms with Gasteiger partial charge in [0.05, 0.1) is 6.61 Å². The molecule has 0 radical (unpaired) electrons. The first-order chi connectivity index (χ1) is 12.1. The number of nitrogens with zero attached hydrogens (tertiary/aromatic N) is 3. The average Bonchev–Trinajstić information content (AvgIpc) is 3.21. The van der Waals surface area contributed by atoms with Crippen LogP contribution in [0, 0.1) is 5.41 Å². The van der Waals surface area contributed by atoms with E-state index in [0.717, 1.165) is 31.2 Å². The van der Waals surface area contributed by atoms with Crippen LogP contribution in [-0.4, -0.2) is 78.2 Å². The summed E-state index contributed by atoms with van der Waals surface area (Å²) in [5.74, 6) is 0. The van der Waals surface area contributed by atoms with Crippen molar-refractivity contribution >= 4 is 6.09 Å². The van der Waals surface area contributed by atoms with Crippen LogP contribution < -0.4 is 0 Å². The van der Waals surface area contributed by atoms with E-state index in [1.54, 1.807) is 0 Å². The number of ether oxygens (including phenoxy) is 1. The van der Waals surface area contributed by atoms with Gasteiger partial charge in [0.2, 0.25) is 0 Å². The van der Waals surface area contributed by atoms with Crippen LogP contribution in [0.25, 0.3) is 0 Å². The molecule has 3 heterocycles. The van der Waals surface area contributed by atoms with Crippen LogP contribution in [0.1, 0.15) is 58.8 Å². The summed E-state index contributed by atoms with van der Waals surface area (Å²) < 4.78 is 5.17. The average molecular weight is 350 g/mol. The van der Waals surface area contributed by atoms with Crippen molar-refractivity contribution in [3.05, 3.63) is 0 Å². The maximum absolute atomic E-state index is 11.9. The van der Waals surface area contributed by atoms with Crippen LogP contribution in [0.3, 0.4) is 0 Å². The normalized spacial score (nSPS) is 37.6. The van der Waals surface area contributed by atoms with E-state index in [-0.39, 0.29) is 6.09 Å². The minimum atomic E-state index is -0.108. The molecule has 3 saturated heterocycles. The molecule has 25 heavy (non-hydrogen) atoms. The highest BCUT2D eigenvalue weighted by molar-refractivity contribution is 5.68. The van der Waals surface area contributed by atoms with Crippen LogP contribution in [0.15, 0.2) is 0 Å². The number of likely N-dealkylation sites (tertiary alicyclic amines) is 3. The Labute approximate surface area is 152 Å². The van der Waals surface area contributed by atoms with E-state index in [1.165, 1.54) is 64.6 Å². The van der Waals surface area contributed by atoms with E-state index < -0.39 is 0 Å². The van der Waals surface area contributed by atoms with Gasteiger partial charge in [-0.05, 0) is 83.8 Å². The summed E-state index contributed by atoms with van der Waals surface area (Å²) in [6.45, 7) is 10.5. The quantitative estimate of drug-likeness (QED) is 0.785. The van der Waals surface area contributed by atoms with Crippen LogP contribution in [0.5, 0.6) is 0 Å². The molecule has 5 heteroatoms. The third kappa shape index (κ3) is 3.42. The second-order valence-electron chi connectivity index (χ2n) is 8.93. The fourth-order valence-corrected chi connectivity index (χ4v) is 5.92. The van der Waals surface area contributed by atoms with Crippen LogP contribution >= 0.6 is 0 Å². The Balaban J connectivity index is 1.22. The molecule has 1 unspecified atom stereocenters. The summed E-state index contributed by atoms with van der Waals surface area (Å²) in [6, 6.07) is 2.39. The molecule has 0 aromatic heterocycles. The maximum Gasteiger partial charge on any atom is 0.409 e. The van der Waals surface area contributed by atoms with Crippen molar-refractivity contribution in [2.24, 2.45) is 5.41 Å². The van der Waals surface area contributed by atoms with Crippen LogP contribution in [-0.2, 0) is 4.74 Å². The Kier molecular flexibility index (Phi) is 4.98. The Morgan fingerprint density at radius 3 is 2.48 bits per heavy atom. The molecule has 0 bridgehead atoms. The summed E-state index contributed by atoms with van der Waals surface area (Å²) in [4.78, 5) is 19.4. The SMILES string of the molecule is CCOC(=O)N1CCC2(CC(N3CCC(N4CCCC4C)CC3)C2)C1. The van der Waals surface area contributed by atoms with E-state index in [1.807, 2.05) is 11.8 Å². The lowest BCUT2D eigenvalue weighted by molar-refractivity contribution is -0.0166. The maximum atomic E-state index is 11.9. The highest BCUT2D eigenvalue weighted by Gasteiger charge is 2.51. The zero-order valence-corrected chi connectivity index (χ0v) is 16.1. The summed E-state index contributed by atoms with van der Waals surface area (Å²) >= 11 is 0. The summed E-state index contributed by atoms with van der Waals surface area (Å²) in [6.07, 6.45) is 9.12. The Hall–Kier alpha value is -0.810. The Morgan fingerprint density at radius 2 is 1.84 bits per heavy atom. The molecule has 0 aromatic rings. The first-order valence-corrected chi connectivity index (χ1v) is 10.5. The molecule has 1 aliphatic carbocycles. The third-order valence-corrected chi connectivity index (χ3v) is 7.39. The molecule has 142 valence electrons. The smallest absolute Gasteiger partial charge is 0.409 e. The monoisotopic (exact) mass is 349 g/mol. The van der Waals surface area contributed by atoms with E-state index in [4.69, 9.17) is 4.74 Å². The zero-order valence-electron chi connectivity index (χ0n) is 16.1. The molecule has 0 aromatic carbocycles. The third-order valence-electron chi connectivity index (χ3n) is 7.39. The van der Waals surface area contributed by atoms with E-state index in [9.17, 15) is 4.79 Å². The van der Waals surface area contributed by atoms with E-state index in [0.29, 0.717) is 12.0 Å². The summed E-state index contributed by atoms with van der Waals surface area (Å²) in [7, 11) is 0. The number of hydrogen-bond donors (Lipinski definition) is 0. The van der Waals surface area contributed by atoms with Crippen molar-refractivity contribution < 1.29 is 9.53 Å². The van der Waals surface area contributed by atoms with Gasteiger partial charge in [-0.2, -0.15) is 0 Å². The van der Waals surface area contributed by atoms with Crippen LogP contribution in [0.2, 0.25) is 0 Å². The largest absolute Gasteiger partial charge is 0.450 e. The fourth-order valence-electron chi connectivity index (χ4n) is 5.92. The van der Waals surface area contributed by atoms with Crippen molar-refractivity contribution in [2.75, 3.05) is 39.3 Å². The molecule has 1 atom stereocenters. The lowest BCUT2D eigenvalue weighted by atomic mass is 9.64. The number of amides is 1. The molecule has 1 amide bonds. The van der Waals surface area contributed by atoms with Crippen molar-refractivity contribution in [1.29, 1.82) is 0 Å². The van der Waals surface area contributed by atoms with E-state index in [2.05, 4.69) is 16.7 Å². The van der Waals surface area contributed by atoms with Crippen molar-refractivity contribution in [3.63, 3.8) is 0 Å². The second kappa shape index (κ2) is 7.07. The van der Waals surface area contributed by atoms with Gasteiger partial charge in [-0.15, -0.1) is 0 Å². The van der Waals surface area contributed by atoms with Gasteiger partial charge in [0, 0.05) is 31.2 Å². The summed E-state index contributed by atoms with van der Waals surface area (Å²) in [5, 5.41) is 0. The Bertz CT molecular complexity index is 483. The van der Waals surface area contributed by atoms with Gasteiger partial charge in [-0.3, -0.25) is 4.90 Å². The van der Waals surface area contributed by atoms with Gasteiger partial charge >= 0.3 is 6.09 Å². The molecule has 0 N–H and O–H groups in total. The number of carbonyl (C=O) groups is 1. The number of piperidine rings is 1. The van der Waals surface area contributed by atoms with Crippen molar-refractivity contribution in [1.82, 2.24) is 14.7 Å². The molecule has 4 aliphatic rings. The van der Waals surface area contributed by atoms with Crippen molar-refractivity contribution in [3.8, 4) is 0 Å². The van der Waals surface area contributed by atoms with E-state index >= 15 is 0 Å². The number of hydrogen-bond acceptors (Lipinski definition) is 4. The van der Waals surface area contributed by atoms with Gasteiger partial charge in [-0.25, -0.2) is 4.79 Å². The lowest BCUT2D eigenvalue weighted by Gasteiger charge is -2.52. The molecule has 1 spiro atoms. The predicted molar refractivity (Wildman–Crippen MR) is 98.7 cm³/mol. The zero-order chi connectivity index (χ0) is 17.4. The van der Waals surface area contributed by atoms with Crippen molar-refractivity contribution in [2.45, 2.75) is 76.9 Å². The van der Waals surface area contributed by atoms with Crippen LogP contribution in [0.4, 0.5) is 4.79 Å². The highest BCUT2D eigenvalue weighted by atomic mass is 16.6. The molecule has 4 rings (SSSR count). The molecule has 5 nitrogen and oxygen atoms in total. The minimum absolute atomic E-state index is 0.108. The first kappa shape index (κ1) is 17.6. The first-order valence-electron chi connectivity index (χ1n) is 10.5. The number of carbonyl (C=O) groups excluding carboxylic acids is 1. The van der Waals surface area contributed by atoms with Gasteiger partial charge in [0.1, 0.15) is 0 Å². The second-order valence-corrected chi connectivity index (χ2v) is 8.93. The molecule has 4 fully saturated rings. The Morgan fingerprint density at radius 1 is 1.08 bits per heavy atom. The van der Waals surface area contributed by atoms with Gasteiger partial charge < -0.3 is 14.5 Å². The van der Waals surface area contributed by atoms with Gasteiger partial charge in [0.15, 0.2) is 0 Å². The molecular weight excluding hydrogens is 314 g/mol. The predicted octanol–water partition coefficient (Wildman–Crippen LogP) is 2.95. The van der Waals surface area contributed by atoms with Gasteiger partial charge in [0.25, 0.3) is 0 Å². The molecule has 1 saturated carbocycles. The highest BCUT2D eigenvalue weighted by Crippen LogP contribution is 2.50.